The SMILES string of the molecule is CS(=O)(=O)Nc1ccc(CNc2ccc(C#N)cn2)cc1. The van der Waals surface area contributed by atoms with Crippen LogP contribution in [0.3, 0.4) is 0 Å². The van der Waals surface area contributed by atoms with Crippen LogP contribution < -0.4 is 10.0 Å². The molecule has 0 radical (unpaired) electrons. The number of pyridine rings is 1. The van der Waals surface area contributed by atoms with Crippen molar-refractivity contribution in [1.82, 2.24) is 4.98 Å². The summed E-state index contributed by atoms with van der Waals surface area (Å²) >= 11 is 0. The average molecular weight is 302 g/mol. The molecule has 21 heavy (non-hydrogen) atoms. The van der Waals surface area contributed by atoms with Crippen molar-refractivity contribution >= 4 is 21.5 Å². The molecule has 6 nitrogen and oxygen atoms in total. The van der Waals surface area contributed by atoms with E-state index in [1.807, 2.05) is 18.2 Å². The highest BCUT2D eigenvalue weighted by Gasteiger charge is 2.01. The Morgan fingerprint density at radius 2 is 1.90 bits per heavy atom. The van der Waals surface area contributed by atoms with Crippen molar-refractivity contribution in [2.45, 2.75) is 6.54 Å². The van der Waals surface area contributed by atoms with Crippen LogP contribution in [0, 0.1) is 11.3 Å². The van der Waals surface area contributed by atoms with Gasteiger partial charge in [0, 0.05) is 18.4 Å². The molecule has 1 aromatic heterocycles. The molecule has 0 spiro atoms. The van der Waals surface area contributed by atoms with E-state index >= 15 is 0 Å². The van der Waals surface area contributed by atoms with E-state index < -0.39 is 10.0 Å². The van der Waals surface area contributed by atoms with E-state index in [1.54, 1.807) is 24.3 Å². The van der Waals surface area contributed by atoms with Crippen molar-refractivity contribution in [3.8, 4) is 6.07 Å². The van der Waals surface area contributed by atoms with Gasteiger partial charge in [-0.05, 0) is 29.8 Å². The summed E-state index contributed by atoms with van der Waals surface area (Å²) in [5, 5.41) is 11.8. The lowest BCUT2D eigenvalue weighted by molar-refractivity contribution is 0.607. The minimum Gasteiger partial charge on any atom is -0.366 e. The van der Waals surface area contributed by atoms with Crippen molar-refractivity contribution in [3.05, 3.63) is 53.7 Å². The molecular weight excluding hydrogens is 288 g/mol. The zero-order chi connectivity index (χ0) is 15.3. The van der Waals surface area contributed by atoms with E-state index in [2.05, 4.69) is 15.0 Å². The van der Waals surface area contributed by atoms with Crippen LogP contribution in [-0.4, -0.2) is 19.7 Å². The van der Waals surface area contributed by atoms with Crippen LogP contribution in [0.15, 0.2) is 42.6 Å². The fourth-order valence-electron chi connectivity index (χ4n) is 1.66. The van der Waals surface area contributed by atoms with Gasteiger partial charge in [-0.25, -0.2) is 13.4 Å². The van der Waals surface area contributed by atoms with Gasteiger partial charge in [-0.1, -0.05) is 12.1 Å². The Morgan fingerprint density at radius 1 is 1.19 bits per heavy atom. The first kappa shape index (κ1) is 14.8. The second kappa shape index (κ2) is 6.24. The van der Waals surface area contributed by atoms with E-state index in [9.17, 15) is 8.42 Å². The van der Waals surface area contributed by atoms with Gasteiger partial charge in [0.05, 0.1) is 11.8 Å². The largest absolute Gasteiger partial charge is 0.366 e. The predicted octanol–water partition coefficient (Wildman–Crippen LogP) is 1.94. The normalized spacial score (nSPS) is 10.7. The molecule has 0 bridgehead atoms. The van der Waals surface area contributed by atoms with Crippen LogP contribution in [0.1, 0.15) is 11.1 Å². The Bertz CT molecular complexity index is 747. The molecule has 0 saturated heterocycles. The smallest absolute Gasteiger partial charge is 0.229 e. The summed E-state index contributed by atoms with van der Waals surface area (Å²) in [5.41, 5.74) is 2.02. The lowest BCUT2D eigenvalue weighted by atomic mass is 10.2. The fourth-order valence-corrected chi connectivity index (χ4v) is 2.23. The number of aromatic nitrogens is 1. The molecule has 2 N–H and O–H groups in total. The molecule has 2 aromatic rings. The van der Waals surface area contributed by atoms with Crippen LogP contribution in [-0.2, 0) is 16.6 Å². The Hall–Kier alpha value is -2.59. The van der Waals surface area contributed by atoms with Crippen LogP contribution in [0.25, 0.3) is 0 Å². The maximum atomic E-state index is 11.1. The van der Waals surface area contributed by atoms with Gasteiger partial charge < -0.3 is 5.32 Å². The number of rotatable bonds is 5. The van der Waals surface area contributed by atoms with Crippen LogP contribution in [0.5, 0.6) is 0 Å². The third-order valence-electron chi connectivity index (χ3n) is 2.62. The van der Waals surface area contributed by atoms with Crippen LogP contribution >= 0.6 is 0 Å². The van der Waals surface area contributed by atoms with Crippen molar-refractivity contribution in [2.75, 3.05) is 16.3 Å². The fraction of sp³-hybridized carbons (Fsp3) is 0.143. The summed E-state index contributed by atoms with van der Waals surface area (Å²) in [5.74, 6) is 0.673. The van der Waals surface area contributed by atoms with Crippen molar-refractivity contribution in [3.63, 3.8) is 0 Å². The zero-order valence-corrected chi connectivity index (χ0v) is 12.2. The Morgan fingerprint density at radius 3 is 2.43 bits per heavy atom. The number of nitriles is 1. The summed E-state index contributed by atoms with van der Waals surface area (Å²) in [4.78, 5) is 4.11. The summed E-state index contributed by atoms with van der Waals surface area (Å²) < 4.78 is 24.6. The quantitative estimate of drug-likeness (QED) is 0.880. The first-order valence-corrected chi connectivity index (χ1v) is 8.02. The number of hydrogen-bond donors (Lipinski definition) is 2. The molecule has 108 valence electrons. The predicted molar refractivity (Wildman–Crippen MR) is 81.2 cm³/mol. The second-order valence-corrected chi connectivity index (χ2v) is 6.22. The van der Waals surface area contributed by atoms with Crippen molar-refractivity contribution in [2.24, 2.45) is 0 Å². The Kier molecular flexibility index (Phi) is 4.40. The highest BCUT2D eigenvalue weighted by atomic mass is 32.2. The molecule has 0 aliphatic carbocycles. The van der Waals surface area contributed by atoms with Gasteiger partial charge in [-0.15, -0.1) is 0 Å². The first-order valence-electron chi connectivity index (χ1n) is 6.13. The third kappa shape index (κ3) is 4.78. The van der Waals surface area contributed by atoms with E-state index in [4.69, 9.17) is 5.26 Å². The van der Waals surface area contributed by atoms with E-state index in [0.717, 1.165) is 11.8 Å². The van der Waals surface area contributed by atoms with Gasteiger partial charge in [-0.2, -0.15) is 5.26 Å². The maximum Gasteiger partial charge on any atom is 0.229 e. The monoisotopic (exact) mass is 302 g/mol. The van der Waals surface area contributed by atoms with Gasteiger partial charge in [0.25, 0.3) is 0 Å². The Labute approximate surface area is 123 Å². The summed E-state index contributed by atoms with van der Waals surface area (Å²) in [6.07, 6.45) is 2.61. The van der Waals surface area contributed by atoms with Gasteiger partial charge in [0.2, 0.25) is 10.0 Å². The number of anilines is 2. The van der Waals surface area contributed by atoms with Crippen LogP contribution in [0.4, 0.5) is 11.5 Å². The molecule has 0 aliphatic rings. The molecule has 0 unspecified atom stereocenters. The molecular formula is C14H14N4O2S. The number of nitrogens with zero attached hydrogens (tertiary/aromatic N) is 2. The van der Waals surface area contributed by atoms with Crippen molar-refractivity contribution < 1.29 is 8.42 Å². The minimum absolute atomic E-state index is 0.511. The molecule has 0 amide bonds. The Balaban J connectivity index is 1.95. The highest BCUT2D eigenvalue weighted by Crippen LogP contribution is 2.12. The molecule has 0 fully saturated rings. The van der Waals surface area contributed by atoms with Gasteiger partial charge >= 0.3 is 0 Å². The lowest BCUT2D eigenvalue weighted by Gasteiger charge is -2.07. The van der Waals surface area contributed by atoms with E-state index in [-0.39, 0.29) is 0 Å². The first-order chi connectivity index (χ1) is 9.96. The van der Waals surface area contributed by atoms with Crippen LogP contribution in [0.2, 0.25) is 0 Å². The summed E-state index contributed by atoms with van der Waals surface area (Å²) in [6, 6.07) is 12.5. The number of sulfonamides is 1. The van der Waals surface area contributed by atoms with E-state index in [1.165, 1.54) is 6.20 Å². The summed E-state index contributed by atoms with van der Waals surface area (Å²) in [6.45, 7) is 0.554. The molecule has 0 saturated carbocycles. The number of benzene rings is 1. The van der Waals surface area contributed by atoms with E-state index in [0.29, 0.717) is 23.6 Å². The summed E-state index contributed by atoms with van der Waals surface area (Å²) in [7, 11) is -3.25. The standard InChI is InChI=1S/C14H14N4O2S/c1-21(19,20)18-13-5-2-11(3-6-13)9-16-14-7-4-12(8-15)10-17-14/h2-7,10,18H,9H2,1H3,(H,16,17). The van der Waals surface area contributed by atoms with Gasteiger partial charge in [-0.3, -0.25) is 4.72 Å². The molecule has 0 aliphatic heterocycles. The maximum absolute atomic E-state index is 11.1. The molecule has 2 rings (SSSR count). The lowest BCUT2D eigenvalue weighted by Crippen LogP contribution is -2.09. The topological polar surface area (TPSA) is 94.9 Å². The third-order valence-corrected chi connectivity index (χ3v) is 3.23. The molecule has 1 heterocycles. The molecule has 7 heteroatoms. The van der Waals surface area contributed by atoms with Gasteiger partial charge in [0.15, 0.2) is 0 Å². The molecule has 0 atom stereocenters. The average Bonchev–Trinajstić information content (AvgIpc) is 2.45. The van der Waals surface area contributed by atoms with Crippen molar-refractivity contribution in [1.29, 1.82) is 5.26 Å². The molecule has 1 aromatic carbocycles. The highest BCUT2D eigenvalue weighted by molar-refractivity contribution is 7.92. The zero-order valence-electron chi connectivity index (χ0n) is 11.4. The minimum atomic E-state index is -3.25. The number of hydrogen-bond acceptors (Lipinski definition) is 5. The second-order valence-electron chi connectivity index (χ2n) is 4.47. The van der Waals surface area contributed by atoms with Gasteiger partial charge in [0.1, 0.15) is 11.9 Å². The number of nitrogens with one attached hydrogen (secondary N) is 2.